The average molecular weight is 294 g/mol. The molecular weight excluding hydrogens is 285 g/mol. The van der Waals surface area contributed by atoms with Crippen LogP contribution in [-0.4, -0.2) is 27.8 Å². The molecule has 1 fully saturated rings. The maximum atomic E-state index is 12.4. The molecule has 0 N–H and O–H groups in total. The van der Waals surface area contributed by atoms with Gasteiger partial charge in [0.15, 0.2) is 10.8 Å². The van der Waals surface area contributed by atoms with Crippen molar-refractivity contribution in [1.29, 1.82) is 0 Å². The van der Waals surface area contributed by atoms with Gasteiger partial charge in [0.2, 0.25) is 5.91 Å². The van der Waals surface area contributed by atoms with Crippen LogP contribution < -0.4 is 4.90 Å². The lowest BCUT2D eigenvalue weighted by Gasteiger charge is -2.10. The second kappa shape index (κ2) is 4.87. The van der Waals surface area contributed by atoms with Crippen molar-refractivity contribution < 1.29 is 27.2 Å². The highest BCUT2D eigenvalue weighted by molar-refractivity contribution is 8.14. The number of halogens is 3. The Balaban J connectivity index is 2.12. The van der Waals surface area contributed by atoms with Gasteiger partial charge in [-0.3, -0.25) is 14.5 Å². The number of alkyl halides is 3. The second-order valence-electron chi connectivity index (χ2n) is 3.95. The zero-order chi connectivity index (χ0) is 14.2. The molecule has 1 aliphatic heterocycles. The van der Waals surface area contributed by atoms with Crippen molar-refractivity contribution in [1.82, 2.24) is 4.98 Å². The van der Waals surface area contributed by atoms with E-state index < -0.39 is 17.8 Å². The van der Waals surface area contributed by atoms with E-state index in [9.17, 15) is 22.8 Å². The largest absolute Gasteiger partial charge is 0.436 e. The molecular formula is C10H9F3N2O3S. The summed E-state index contributed by atoms with van der Waals surface area (Å²) in [4.78, 5) is 26.8. The molecule has 0 aromatic carbocycles. The van der Waals surface area contributed by atoms with Crippen LogP contribution in [0.25, 0.3) is 0 Å². The predicted octanol–water partition coefficient (Wildman–Crippen LogP) is 2.08. The molecule has 0 saturated carbocycles. The van der Waals surface area contributed by atoms with Gasteiger partial charge in [0, 0.05) is 25.1 Å². The van der Waals surface area contributed by atoms with E-state index in [-0.39, 0.29) is 29.3 Å². The van der Waals surface area contributed by atoms with E-state index in [1.165, 1.54) is 6.92 Å². The van der Waals surface area contributed by atoms with Crippen molar-refractivity contribution in [2.45, 2.75) is 24.8 Å². The Labute approximate surface area is 110 Å². The molecule has 1 atom stereocenters. The third-order valence-corrected chi connectivity index (χ3v) is 3.42. The van der Waals surface area contributed by atoms with E-state index in [2.05, 4.69) is 9.40 Å². The normalized spacial score (nSPS) is 20.1. The zero-order valence-corrected chi connectivity index (χ0v) is 10.5. The van der Waals surface area contributed by atoms with Gasteiger partial charge in [-0.05, 0) is 0 Å². The molecule has 0 radical (unpaired) electrons. The molecule has 1 unspecified atom stereocenters. The first-order valence-corrected chi connectivity index (χ1v) is 6.15. The number of carbonyl (C=O) groups excluding carboxylic acids is 2. The van der Waals surface area contributed by atoms with Gasteiger partial charge >= 0.3 is 12.2 Å². The summed E-state index contributed by atoms with van der Waals surface area (Å²) in [5.74, 6) is -0.408. The molecule has 9 heteroatoms. The van der Waals surface area contributed by atoms with Crippen molar-refractivity contribution in [3.63, 3.8) is 0 Å². The van der Waals surface area contributed by atoms with Crippen LogP contribution in [0.1, 0.15) is 19.0 Å². The van der Waals surface area contributed by atoms with Crippen LogP contribution in [0, 0.1) is 0 Å². The highest BCUT2D eigenvalue weighted by Gasteiger charge is 2.39. The fourth-order valence-electron chi connectivity index (χ4n) is 1.69. The minimum atomic E-state index is -4.61. The number of oxazole rings is 1. The molecule has 104 valence electrons. The zero-order valence-electron chi connectivity index (χ0n) is 9.73. The first-order valence-electron chi connectivity index (χ1n) is 5.27. The quantitative estimate of drug-likeness (QED) is 0.835. The molecule has 1 saturated heterocycles. The minimum Gasteiger partial charge on any atom is -0.431 e. The summed E-state index contributed by atoms with van der Waals surface area (Å²) in [5.41, 5.74) is -1.18. The van der Waals surface area contributed by atoms with Crippen molar-refractivity contribution in [3.8, 4) is 0 Å². The van der Waals surface area contributed by atoms with Gasteiger partial charge in [0.05, 0.1) is 0 Å². The van der Waals surface area contributed by atoms with Crippen molar-refractivity contribution >= 4 is 28.8 Å². The molecule has 0 bridgehead atoms. The smallest absolute Gasteiger partial charge is 0.431 e. The monoisotopic (exact) mass is 294 g/mol. The molecule has 2 heterocycles. The molecule has 0 aliphatic carbocycles. The first-order chi connectivity index (χ1) is 8.77. The molecule has 19 heavy (non-hydrogen) atoms. The number of anilines is 1. The van der Waals surface area contributed by atoms with Crippen molar-refractivity contribution in [2.24, 2.45) is 0 Å². The topological polar surface area (TPSA) is 63.4 Å². The Kier molecular flexibility index (Phi) is 3.57. The van der Waals surface area contributed by atoms with E-state index in [0.29, 0.717) is 6.26 Å². The number of amides is 1. The maximum Gasteiger partial charge on any atom is 0.436 e. The van der Waals surface area contributed by atoms with Crippen LogP contribution in [0.2, 0.25) is 0 Å². The summed E-state index contributed by atoms with van der Waals surface area (Å²) in [6.07, 6.45) is -4.07. The summed E-state index contributed by atoms with van der Waals surface area (Å²) in [6, 6.07) is -0.385. The van der Waals surface area contributed by atoms with Gasteiger partial charge < -0.3 is 4.42 Å². The summed E-state index contributed by atoms with van der Waals surface area (Å²) in [6.45, 7) is 1.48. The Morgan fingerprint density at radius 3 is 2.79 bits per heavy atom. The Morgan fingerprint density at radius 2 is 2.26 bits per heavy atom. The van der Waals surface area contributed by atoms with Gasteiger partial charge in [-0.25, -0.2) is 0 Å². The number of hydrogen-bond acceptors (Lipinski definition) is 5. The lowest BCUT2D eigenvalue weighted by Crippen LogP contribution is -2.25. The average Bonchev–Trinajstić information content (AvgIpc) is 2.82. The van der Waals surface area contributed by atoms with E-state index in [4.69, 9.17) is 0 Å². The molecule has 5 nitrogen and oxygen atoms in total. The van der Waals surface area contributed by atoms with E-state index >= 15 is 0 Å². The van der Waals surface area contributed by atoms with Crippen LogP contribution in [0.5, 0.6) is 0 Å². The lowest BCUT2D eigenvalue weighted by molar-refractivity contribution is -0.141. The maximum absolute atomic E-state index is 12.4. The highest BCUT2D eigenvalue weighted by Crippen LogP contribution is 2.33. The van der Waals surface area contributed by atoms with E-state index in [1.54, 1.807) is 0 Å². The highest BCUT2D eigenvalue weighted by atomic mass is 32.2. The first kappa shape index (κ1) is 13.9. The number of rotatable bonds is 2. The van der Waals surface area contributed by atoms with Gasteiger partial charge in [-0.2, -0.15) is 18.2 Å². The van der Waals surface area contributed by atoms with Gasteiger partial charge in [-0.1, -0.05) is 11.8 Å². The number of carbonyl (C=O) groups is 2. The third-order valence-electron chi connectivity index (χ3n) is 2.44. The number of nitrogens with zero attached hydrogens (tertiary/aromatic N) is 2. The van der Waals surface area contributed by atoms with Crippen LogP contribution >= 0.6 is 11.8 Å². The minimum absolute atomic E-state index is 0.0774. The van der Waals surface area contributed by atoms with Gasteiger partial charge in [-0.15, -0.1) is 0 Å². The molecule has 2 rings (SSSR count). The fourth-order valence-corrected chi connectivity index (χ4v) is 2.61. The van der Waals surface area contributed by atoms with Crippen molar-refractivity contribution in [2.75, 3.05) is 11.4 Å². The SMILES string of the molecule is CC(=O)SC1CC(=O)N(c2nc(C(F)(F)F)co2)C1. The Hall–Kier alpha value is -1.51. The van der Waals surface area contributed by atoms with Crippen LogP contribution in [-0.2, 0) is 15.8 Å². The standard InChI is InChI=1S/C10H9F3N2O3S/c1-5(16)19-6-2-8(17)15(3-6)9-14-7(4-18-9)10(11,12)13/h4,6H,2-3H2,1H3. The second-order valence-corrected chi connectivity index (χ2v) is 5.43. The molecule has 1 aromatic rings. The van der Waals surface area contributed by atoms with Gasteiger partial charge in [0.1, 0.15) is 6.26 Å². The molecule has 1 aliphatic rings. The summed E-state index contributed by atoms with van der Waals surface area (Å²) >= 11 is 0.983. The van der Waals surface area contributed by atoms with Crippen LogP contribution in [0.4, 0.5) is 19.2 Å². The Bertz CT molecular complexity index is 514. The summed E-state index contributed by atoms with van der Waals surface area (Å²) in [5, 5.41) is -0.436. The van der Waals surface area contributed by atoms with Crippen LogP contribution in [0.3, 0.4) is 0 Å². The van der Waals surface area contributed by atoms with E-state index in [1.807, 2.05) is 0 Å². The summed E-state index contributed by atoms with van der Waals surface area (Å²) in [7, 11) is 0. The van der Waals surface area contributed by atoms with E-state index in [0.717, 1.165) is 16.7 Å². The summed E-state index contributed by atoms with van der Waals surface area (Å²) < 4.78 is 41.8. The number of hydrogen-bond donors (Lipinski definition) is 0. The van der Waals surface area contributed by atoms with Crippen molar-refractivity contribution in [3.05, 3.63) is 12.0 Å². The fraction of sp³-hybridized carbons (Fsp3) is 0.500. The Morgan fingerprint density at radius 1 is 1.58 bits per heavy atom. The lowest BCUT2D eigenvalue weighted by atomic mass is 10.4. The van der Waals surface area contributed by atoms with Gasteiger partial charge in [0.25, 0.3) is 0 Å². The molecule has 1 aromatic heterocycles. The van der Waals surface area contributed by atoms with Crippen LogP contribution in [0.15, 0.2) is 10.7 Å². The predicted molar refractivity (Wildman–Crippen MR) is 60.5 cm³/mol. The third kappa shape index (κ3) is 3.09. The molecule has 0 spiro atoms. The molecule has 1 amide bonds. The number of thioether (sulfide) groups is 1. The number of aromatic nitrogens is 1.